The molecule has 2 N–H and O–H groups in total. The summed E-state index contributed by atoms with van der Waals surface area (Å²) in [7, 11) is 0. The number of nitrogens with one attached hydrogen (secondary N) is 2. The maximum absolute atomic E-state index is 13.2. The second-order valence-electron chi connectivity index (χ2n) is 6.13. The number of amides is 2. The van der Waals surface area contributed by atoms with Crippen LogP contribution >= 0.6 is 0 Å². The SMILES string of the molecule is O=C(COc1ccccc1C(=O)NCc1ccccc1)Nc1ccc(F)c(F)c1. The van der Waals surface area contributed by atoms with E-state index in [4.69, 9.17) is 4.74 Å². The highest BCUT2D eigenvalue weighted by molar-refractivity contribution is 5.97. The van der Waals surface area contributed by atoms with Gasteiger partial charge in [-0.25, -0.2) is 8.78 Å². The molecule has 0 atom stereocenters. The quantitative estimate of drug-likeness (QED) is 0.636. The van der Waals surface area contributed by atoms with E-state index in [0.717, 1.165) is 17.7 Å². The predicted octanol–water partition coefficient (Wildman–Crippen LogP) is 3.91. The summed E-state index contributed by atoms with van der Waals surface area (Å²) in [6.45, 7) is -0.0490. The topological polar surface area (TPSA) is 67.4 Å². The van der Waals surface area contributed by atoms with Crippen LogP contribution < -0.4 is 15.4 Å². The first kappa shape index (κ1) is 20.0. The second kappa shape index (κ2) is 9.45. The summed E-state index contributed by atoms with van der Waals surface area (Å²) in [5, 5.41) is 5.20. The molecular weight excluding hydrogens is 378 g/mol. The third-order valence-electron chi connectivity index (χ3n) is 3.99. The zero-order valence-corrected chi connectivity index (χ0v) is 15.3. The third-order valence-corrected chi connectivity index (χ3v) is 3.99. The van der Waals surface area contributed by atoms with Gasteiger partial charge in [0.15, 0.2) is 18.2 Å². The highest BCUT2D eigenvalue weighted by Gasteiger charge is 2.13. The fourth-order valence-electron chi connectivity index (χ4n) is 2.57. The third kappa shape index (κ3) is 5.62. The van der Waals surface area contributed by atoms with Gasteiger partial charge in [-0.15, -0.1) is 0 Å². The molecule has 148 valence electrons. The molecule has 3 rings (SSSR count). The van der Waals surface area contributed by atoms with Crippen molar-refractivity contribution in [2.24, 2.45) is 0 Å². The molecule has 2 amide bonds. The number of hydrogen-bond donors (Lipinski definition) is 2. The van der Waals surface area contributed by atoms with Gasteiger partial charge in [0.25, 0.3) is 11.8 Å². The van der Waals surface area contributed by atoms with Crippen molar-refractivity contribution < 1.29 is 23.1 Å². The highest BCUT2D eigenvalue weighted by Crippen LogP contribution is 2.18. The maximum atomic E-state index is 13.2. The molecule has 0 saturated heterocycles. The fraction of sp³-hybridized carbons (Fsp3) is 0.0909. The minimum absolute atomic E-state index is 0.103. The molecule has 3 aromatic rings. The number of carbonyl (C=O) groups excluding carboxylic acids is 2. The van der Waals surface area contributed by atoms with Crippen LogP contribution in [0.25, 0.3) is 0 Å². The molecule has 0 bridgehead atoms. The van der Waals surface area contributed by atoms with Gasteiger partial charge >= 0.3 is 0 Å². The number of anilines is 1. The number of benzene rings is 3. The van der Waals surface area contributed by atoms with Gasteiger partial charge in [-0.05, 0) is 29.8 Å². The van der Waals surface area contributed by atoms with Crippen LogP contribution in [0.5, 0.6) is 5.75 Å². The average molecular weight is 396 g/mol. The van der Waals surface area contributed by atoms with Crippen molar-refractivity contribution in [1.29, 1.82) is 0 Å². The van der Waals surface area contributed by atoms with Crippen molar-refractivity contribution in [2.45, 2.75) is 6.54 Å². The van der Waals surface area contributed by atoms with E-state index in [1.807, 2.05) is 30.3 Å². The number of para-hydroxylation sites is 1. The molecule has 0 radical (unpaired) electrons. The Morgan fingerprint density at radius 3 is 2.34 bits per heavy atom. The van der Waals surface area contributed by atoms with Gasteiger partial charge in [0, 0.05) is 18.3 Å². The summed E-state index contributed by atoms with van der Waals surface area (Å²) in [5.41, 5.74) is 1.33. The summed E-state index contributed by atoms with van der Waals surface area (Å²) < 4.78 is 31.6. The van der Waals surface area contributed by atoms with Crippen molar-refractivity contribution in [3.63, 3.8) is 0 Å². The van der Waals surface area contributed by atoms with E-state index >= 15 is 0 Å². The summed E-state index contributed by atoms with van der Waals surface area (Å²) in [4.78, 5) is 24.5. The molecule has 0 aliphatic heterocycles. The Balaban J connectivity index is 1.58. The monoisotopic (exact) mass is 396 g/mol. The van der Waals surface area contributed by atoms with E-state index in [0.29, 0.717) is 6.54 Å². The van der Waals surface area contributed by atoms with Crippen molar-refractivity contribution in [2.75, 3.05) is 11.9 Å². The number of hydrogen-bond acceptors (Lipinski definition) is 3. The van der Waals surface area contributed by atoms with Crippen LogP contribution in [-0.4, -0.2) is 18.4 Å². The van der Waals surface area contributed by atoms with Crippen LogP contribution in [0.2, 0.25) is 0 Å². The van der Waals surface area contributed by atoms with Gasteiger partial charge in [0.05, 0.1) is 5.56 Å². The first-order chi connectivity index (χ1) is 14.0. The maximum Gasteiger partial charge on any atom is 0.262 e. The fourth-order valence-corrected chi connectivity index (χ4v) is 2.57. The Kier molecular flexibility index (Phi) is 6.52. The number of rotatable bonds is 7. The Bertz CT molecular complexity index is 1010. The van der Waals surface area contributed by atoms with Crippen molar-refractivity contribution in [3.8, 4) is 5.75 Å². The van der Waals surface area contributed by atoms with Gasteiger partial charge in [-0.2, -0.15) is 0 Å². The molecule has 0 spiro atoms. The van der Waals surface area contributed by atoms with E-state index in [1.54, 1.807) is 24.3 Å². The van der Waals surface area contributed by atoms with Gasteiger partial charge in [0.1, 0.15) is 5.75 Å². The Morgan fingerprint density at radius 1 is 0.862 bits per heavy atom. The first-order valence-electron chi connectivity index (χ1n) is 8.82. The zero-order valence-electron chi connectivity index (χ0n) is 15.3. The number of ether oxygens (including phenoxy) is 1. The standard InChI is InChI=1S/C22H18F2N2O3/c23-18-11-10-16(12-19(18)24)26-21(27)14-29-20-9-5-4-8-17(20)22(28)25-13-15-6-2-1-3-7-15/h1-12H,13-14H2,(H,25,28)(H,26,27). The summed E-state index contributed by atoms with van der Waals surface area (Å²) in [6.07, 6.45) is 0. The van der Waals surface area contributed by atoms with Crippen LogP contribution in [0.15, 0.2) is 72.8 Å². The smallest absolute Gasteiger partial charge is 0.262 e. The lowest BCUT2D eigenvalue weighted by Crippen LogP contribution is -2.25. The van der Waals surface area contributed by atoms with Crippen molar-refractivity contribution in [3.05, 3.63) is 95.6 Å². The van der Waals surface area contributed by atoms with Crippen LogP contribution in [0.3, 0.4) is 0 Å². The highest BCUT2D eigenvalue weighted by atomic mass is 19.2. The van der Waals surface area contributed by atoms with Crippen LogP contribution in [0.4, 0.5) is 14.5 Å². The molecule has 5 nitrogen and oxygen atoms in total. The molecule has 0 unspecified atom stereocenters. The Hall–Kier alpha value is -3.74. The Morgan fingerprint density at radius 2 is 1.59 bits per heavy atom. The molecule has 0 aromatic heterocycles. The van der Waals surface area contributed by atoms with Gasteiger partial charge in [-0.1, -0.05) is 42.5 Å². The largest absolute Gasteiger partial charge is 0.483 e. The van der Waals surface area contributed by atoms with Gasteiger partial charge < -0.3 is 15.4 Å². The molecule has 0 heterocycles. The lowest BCUT2D eigenvalue weighted by molar-refractivity contribution is -0.118. The van der Waals surface area contributed by atoms with Crippen molar-refractivity contribution in [1.82, 2.24) is 5.32 Å². The second-order valence-corrected chi connectivity index (χ2v) is 6.13. The summed E-state index contributed by atoms with van der Waals surface area (Å²) >= 11 is 0. The average Bonchev–Trinajstić information content (AvgIpc) is 2.74. The summed E-state index contributed by atoms with van der Waals surface area (Å²) in [5.74, 6) is -2.75. The zero-order chi connectivity index (χ0) is 20.6. The van der Waals surface area contributed by atoms with E-state index in [2.05, 4.69) is 10.6 Å². The summed E-state index contributed by atoms with van der Waals surface area (Å²) in [6, 6.07) is 19.0. The minimum Gasteiger partial charge on any atom is -0.483 e. The molecule has 0 aliphatic rings. The van der Waals surface area contributed by atoms with Gasteiger partial charge in [-0.3, -0.25) is 9.59 Å². The molecule has 0 saturated carbocycles. The van der Waals surface area contributed by atoms with Gasteiger partial charge in [0.2, 0.25) is 0 Å². The van der Waals surface area contributed by atoms with E-state index in [9.17, 15) is 18.4 Å². The van der Waals surface area contributed by atoms with Crippen LogP contribution in [-0.2, 0) is 11.3 Å². The predicted molar refractivity (Wildman–Crippen MR) is 105 cm³/mol. The normalized spacial score (nSPS) is 10.3. The number of halogens is 2. The lowest BCUT2D eigenvalue weighted by atomic mass is 10.1. The molecule has 7 heteroatoms. The van der Waals surface area contributed by atoms with Crippen LogP contribution in [0.1, 0.15) is 15.9 Å². The molecule has 0 aliphatic carbocycles. The first-order valence-corrected chi connectivity index (χ1v) is 8.82. The lowest BCUT2D eigenvalue weighted by Gasteiger charge is -2.12. The van der Waals surface area contributed by atoms with Crippen LogP contribution in [0, 0.1) is 11.6 Å². The van der Waals surface area contributed by atoms with Crippen molar-refractivity contribution >= 4 is 17.5 Å². The van der Waals surface area contributed by atoms with E-state index < -0.39 is 24.1 Å². The van der Waals surface area contributed by atoms with E-state index in [1.165, 1.54) is 6.07 Å². The molecular formula is C22H18F2N2O3. The molecule has 3 aromatic carbocycles. The minimum atomic E-state index is -1.07. The number of carbonyl (C=O) groups is 2. The Labute approximate surface area is 166 Å². The molecule has 0 fully saturated rings. The molecule has 29 heavy (non-hydrogen) atoms. The van der Waals surface area contributed by atoms with E-state index in [-0.39, 0.29) is 22.9 Å².